The van der Waals surface area contributed by atoms with E-state index in [1.54, 1.807) is 0 Å². The molecule has 3 nitrogen and oxygen atoms in total. The van der Waals surface area contributed by atoms with Crippen molar-refractivity contribution in [3.8, 4) is 0 Å². The third kappa shape index (κ3) is 1.64. The highest BCUT2D eigenvalue weighted by atomic mass is 32.2. The molecule has 4 atom stereocenters. The maximum atomic E-state index is 10.9. The maximum Gasteiger partial charge on any atom is 0.302 e. The first kappa shape index (κ1) is 12.8. The fraction of sp³-hybridized carbons (Fsp3) is 0.929. The molecule has 0 N–H and O–H groups in total. The number of carbonyl (C=O) groups excluding carboxylic acids is 1. The van der Waals surface area contributed by atoms with Crippen molar-refractivity contribution in [2.45, 2.75) is 51.6 Å². The smallest absolute Gasteiger partial charge is 0.302 e. The van der Waals surface area contributed by atoms with E-state index < -0.39 is 0 Å². The number of thioether (sulfide) groups is 1. The van der Waals surface area contributed by atoms with Crippen LogP contribution in [0.5, 0.6) is 0 Å². The van der Waals surface area contributed by atoms with Crippen molar-refractivity contribution in [3.63, 3.8) is 0 Å². The molecule has 2 aliphatic carbocycles. The summed E-state index contributed by atoms with van der Waals surface area (Å²) in [5.41, 5.74) is 0.825. The van der Waals surface area contributed by atoms with Crippen molar-refractivity contribution < 1.29 is 14.3 Å². The summed E-state index contributed by atoms with van der Waals surface area (Å²) < 4.78 is 11.3. The lowest BCUT2D eigenvalue weighted by molar-refractivity contribution is -0.146. The molecule has 102 valence electrons. The van der Waals surface area contributed by atoms with Crippen LogP contribution in [-0.2, 0) is 14.3 Å². The number of ether oxygens (including phenoxy) is 2. The van der Waals surface area contributed by atoms with Gasteiger partial charge in [0.15, 0.2) is 0 Å². The van der Waals surface area contributed by atoms with Gasteiger partial charge >= 0.3 is 5.97 Å². The van der Waals surface area contributed by atoms with Crippen LogP contribution in [0, 0.1) is 16.7 Å². The average Bonchev–Trinajstić information content (AvgIpc) is 2.69. The van der Waals surface area contributed by atoms with Gasteiger partial charge < -0.3 is 9.47 Å². The van der Waals surface area contributed by atoms with Gasteiger partial charge in [0.1, 0.15) is 12.0 Å². The molecule has 0 amide bonds. The standard InChI is InChI=1S/C14H22O3S/c1-9(15)16-7-12-17-11-6-10-4-5-14(11,8-18-12)13(10,2)3/h10-12H,4-8H2,1-3H3/t10-,11-,12-,14-/m1/s1. The topological polar surface area (TPSA) is 35.5 Å². The van der Waals surface area contributed by atoms with E-state index in [4.69, 9.17) is 9.47 Å². The Bertz CT molecular complexity index is 368. The second-order valence-corrected chi connectivity index (χ2v) is 7.66. The Morgan fingerprint density at radius 3 is 2.94 bits per heavy atom. The molecule has 0 radical (unpaired) electrons. The van der Waals surface area contributed by atoms with E-state index in [-0.39, 0.29) is 11.4 Å². The largest absolute Gasteiger partial charge is 0.462 e. The highest BCUT2D eigenvalue weighted by Crippen LogP contribution is 2.69. The van der Waals surface area contributed by atoms with Gasteiger partial charge in [-0.15, -0.1) is 11.8 Å². The van der Waals surface area contributed by atoms with Gasteiger partial charge in [0.2, 0.25) is 0 Å². The average molecular weight is 270 g/mol. The van der Waals surface area contributed by atoms with Crippen molar-refractivity contribution in [1.29, 1.82) is 0 Å². The Morgan fingerprint density at radius 1 is 1.50 bits per heavy atom. The van der Waals surface area contributed by atoms with Crippen LogP contribution in [0.25, 0.3) is 0 Å². The lowest BCUT2D eigenvalue weighted by atomic mass is 9.69. The summed E-state index contributed by atoms with van der Waals surface area (Å²) in [4.78, 5) is 10.9. The second-order valence-electron chi connectivity index (χ2n) is 6.52. The van der Waals surface area contributed by atoms with Gasteiger partial charge in [0.25, 0.3) is 0 Å². The summed E-state index contributed by atoms with van der Waals surface area (Å²) in [5, 5.41) is 0. The summed E-state index contributed by atoms with van der Waals surface area (Å²) in [6, 6.07) is 0. The molecule has 0 aromatic rings. The van der Waals surface area contributed by atoms with Crippen LogP contribution in [-0.4, -0.2) is 29.9 Å². The van der Waals surface area contributed by atoms with E-state index in [1.165, 1.54) is 26.2 Å². The van der Waals surface area contributed by atoms with Crippen molar-refractivity contribution in [2.75, 3.05) is 12.4 Å². The normalized spacial score (nSPS) is 44.7. The molecule has 1 saturated heterocycles. The molecule has 2 bridgehead atoms. The van der Waals surface area contributed by atoms with E-state index >= 15 is 0 Å². The molecule has 1 aliphatic heterocycles. The van der Waals surface area contributed by atoms with Crippen molar-refractivity contribution >= 4 is 17.7 Å². The quantitative estimate of drug-likeness (QED) is 0.723. The minimum Gasteiger partial charge on any atom is -0.462 e. The van der Waals surface area contributed by atoms with Crippen LogP contribution in [0.15, 0.2) is 0 Å². The molecule has 0 unspecified atom stereocenters. The first-order chi connectivity index (χ1) is 8.46. The molecule has 3 rings (SSSR count). The molecule has 0 aromatic carbocycles. The summed E-state index contributed by atoms with van der Waals surface area (Å²) >= 11 is 1.83. The number of hydrogen-bond donors (Lipinski definition) is 0. The Kier molecular flexibility index (Phi) is 2.94. The van der Waals surface area contributed by atoms with E-state index in [0.29, 0.717) is 23.5 Å². The van der Waals surface area contributed by atoms with Gasteiger partial charge in [-0.25, -0.2) is 0 Å². The number of hydrogen-bond acceptors (Lipinski definition) is 4. The van der Waals surface area contributed by atoms with E-state index in [0.717, 1.165) is 11.7 Å². The minimum atomic E-state index is -0.215. The van der Waals surface area contributed by atoms with Crippen LogP contribution >= 0.6 is 11.8 Å². The zero-order chi connectivity index (χ0) is 13.0. The number of esters is 1. The monoisotopic (exact) mass is 270 g/mol. The summed E-state index contributed by atoms with van der Waals surface area (Å²) in [6.45, 7) is 6.69. The fourth-order valence-corrected chi connectivity index (χ4v) is 5.83. The van der Waals surface area contributed by atoms with Crippen molar-refractivity contribution in [2.24, 2.45) is 16.7 Å². The molecule has 4 heteroatoms. The third-order valence-corrected chi connectivity index (χ3v) is 6.92. The number of rotatable bonds is 2. The first-order valence-corrected chi connectivity index (χ1v) is 7.91. The molecule has 3 fully saturated rings. The molecular formula is C14H22O3S. The van der Waals surface area contributed by atoms with Gasteiger partial charge in [-0.3, -0.25) is 4.79 Å². The predicted octanol–water partition coefficient (Wildman–Crippen LogP) is 2.83. The minimum absolute atomic E-state index is 0.0414. The predicted molar refractivity (Wildman–Crippen MR) is 71.3 cm³/mol. The van der Waals surface area contributed by atoms with Gasteiger partial charge in [0.05, 0.1) is 6.10 Å². The summed E-state index contributed by atoms with van der Waals surface area (Å²) in [6.07, 6.45) is 4.25. The van der Waals surface area contributed by atoms with Crippen LogP contribution < -0.4 is 0 Å². The zero-order valence-corrected chi connectivity index (χ0v) is 12.2. The molecule has 1 spiro atoms. The van der Waals surface area contributed by atoms with Crippen LogP contribution in [0.2, 0.25) is 0 Å². The van der Waals surface area contributed by atoms with Crippen molar-refractivity contribution in [3.05, 3.63) is 0 Å². The second kappa shape index (κ2) is 4.14. The van der Waals surface area contributed by atoms with E-state index in [2.05, 4.69) is 13.8 Å². The molecule has 0 aromatic heterocycles. The Hall–Kier alpha value is -0.220. The van der Waals surface area contributed by atoms with Crippen LogP contribution in [0.4, 0.5) is 0 Å². The molecule has 1 heterocycles. The first-order valence-electron chi connectivity index (χ1n) is 6.86. The highest BCUT2D eigenvalue weighted by Gasteiger charge is 2.66. The molecule has 2 saturated carbocycles. The Morgan fingerprint density at radius 2 is 2.28 bits per heavy atom. The SMILES string of the molecule is CC(=O)OC[C@@H]1O[C@@H]2C[C@H]3CC[C@]2(CS1)C3(C)C. The van der Waals surface area contributed by atoms with Crippen LogP contribution in [0.3, 0.4) is 0 Å². The Labute approximate surface area is 113 Å². The van der Waals surface area contributed by atoms with Gasteiger partial charge in [-0.2, -0.15) is 0 Å². The van der Waals surface area contributed by atoms with E-state index in [1.807, 2.05) is 11.8 Å². The van der Waals surface area contributed by atoms with Gasteiger partial charge in [-0.1, -0.05) is 13.8 Å². The number of fused-ring (bicyclic) bond motifs is 1. The molecular weight excluding hydrogens is 248 g/mol. The molecule has 3 aliphatic rings. The summed E-state index contributed by atoms with van der Waals surface area (Å²) in [5.74, 6) is 1.76. The number of carbonyl (C=O) groups is 1. The third-order valence-electron chi connectivity index (χ3n) is 5.62. The zero-order valence-electron chi connectivity index (χ0n) is 11.4. The summed E-state index contributed by atoms with van der Waals surface area (Å²) in [7, 11) is 0. The molecule has 18 heavy (non-hydrogen) atoms. The highest BCUT2D eigenvalue weighted by molar-refractivity contribution is 7.99. The fourth-order valence-electron chi connectivity index (χ4n) is 4.27. The van der Waals surface area contributed by atoms with Gasteiger partial charge in [0, 0.05) is 18.1 Å². The Balaban J connectivity index is 1.69. The maximum absolute atomic E-state index is 10.9. The lowest BCUT2D eigenvalue weighted by Gasteiger charge is -2.47. The van der Waals surface area contributed by atoms with Crippen molar-refractivity contribution in [1.82, 2.24) is 0 Å². The van der Waals surface area contributed by atoms with E-state index in [9.17, 15) is 4.79 Å². The van der Waals surface area contributed by atoms with Crippen LogP contribution in [0.1, 0.15) is 40.0 Å². The lowest BCUT2D eigenvalue weighted by Crippen LogP contribution is -2.48. The van der Waals surface area contributed by atoms with Gasteiger partial charge in [-0.05, 0) is 30.6 Å².